The van der Waals surface area contributed by atoms with Crippen molar-refractivity contribution in [2.24, 2.45) is 0 Å². The molecule has 1 aliphatic heterocycles. The number of thioether (sulfide) groups is 1. The molecule has 2 aromatic carbocycles. The minimum absolute atomic E-state index is 0.144. The Balaban J connectivity index is 1.45. The first-order valence-corrected chi connectivity index (χ1v) is 10.7. The Morgan fingerprint density at radius 2 is 1.93 bits per heavy atom. The summed E-state index contributed by atoms with van der Waals surface area (Å²) in [5.41, 5.74) is 4.59. The number of hydrogen-bond acceptors (Lipinski definition) is 6. The Hall–Kier alpha value is -3.06. The van der Waals surface area contributed by atoms with Crippen molar-refractivity contribution in [1.82, 2.24) is 9.97 Å². The fraction of sp³-hybridized carbons (Fsp3) is 0.227. The van der Waals surface area contributed by atoms with Gasteiger partial charge in [0.2, 0.25) is 0 Å². The molecule has 2 N–H and O–H groups in total. The number of carbonyl (C=O) groups excluding carboxylic acids is 1. The van der Waals surface area contributed by atoms with Crippen LogP contribution in [0.25, 0.3) is 0 Å². The normalized spacial score (nSPS) is 13.8. The van der Waals surface area contributed by atoms with Gasteiger partial charge in [-0.25, -0.2) is 4.98 Å². The number of aromatic nitrogens is 2. The first-order chi connectivity index (χ1) is 14.2. The molecule has 1 amide bonds. The van der Waals surface area contributed by atoms with Gasteiger partial charge in [0, 0.05) is 59.6 Å². The van der Waals surface area contributed by atoms with Gasteiger partial charge in [0.25, 0.3) is 5.91 Å². The fourth-order valence-electron chi connectivity index (χ4n) is 3.35. The second-order valence-corrected chi connectivity index (χ2v) is 8.08. The van der Waals surface area contributed by atoms with Crippen LogP contribution in [-0.2, 0) is 0 Å². The first kappa shape index (κ1) is 19.3. The number of carbonyl (C=O) groups is 1. The molecule has 1 aliphatic rings. The summed E-state index contributed by atoms with van der Waals surface area (Å²) >= 11 is 2.00. The van der Waals surface area contributed by atoms with E-state index in [0.717, 1.165) is 36.0 Å². The van der Waals surface area contributed by atoms with Crippen molar-refractivity contribution < 1.29 is 4.79 Å². The van der Waals surface area contributed by atoms with Crippen LogP contribution in [0.3, 0.4) is 0 Å². The number of rotatable bonds is 5. The lowest BCUT2D eigenvalue weighted by Crippen LogP contribution is -2.32. The minimum Gasteiger partial charge on any atom is -0.370 e. The van der Waals surface area contributed by atoms with Crippen LogP contribution >= 0.6 is 11.8 Å². The maximum Gasteiger partial charge on any atom is 0.255 e. The Labute approximate surface area is 174 Å². The average molecular weight is 406 g/mol. The van der Waals surface area contributed by atoms with Crippen LogP contribution in [-0.4, -0.2) is 40.5 Å². The second kappa shape index (κ2) is 8.96. The first-order valence-electron chi connectivity index (χ1n) is 9.57. The summed E-state index contributed by atoms with van der Waals surface area (Å²) in [6, 6.07) is 13.4. The number of nitrogens with zero attached hydrogens (tertiary/aromatic N) is 3. The summed E-state index contributed by atoms with van der Waals surface area (Å²) in [6.07, 6.45) is 4.87. The van der Waals surface area contributed by atoms with Crippen molar-refractivity contribution in [2.75, 3.05) is 40.1 Å². The van der Waals surface area contributed by atoms with Crippen LogP contribution in [0.4, 0.5) is 22.9 Å². The van der Waals surface area contributed by atoms with Crippen molar-refractivity contribution in [2.45, 2.75) is 6.92 Å². The molecule has 6 nitrogen and oxygen atoms in total. The van der Waals surface area contributed by atoms with Gasteiger partial charge in [0.1, 0.15) is 5.82 Å². The van der Waals surface area contributed by atoms with Gasteiger partial charge < -0.3 is 15.5 Å². The van der Waals surface area contributed by atoms with Gasteiger partial charge in [-0.1, -0.05) is 6.07 Å². The zero-order valence-electron chi connectivity index (χ0n) is 16.3. The molecule has 4 rings (SSSR count). The molecule has 0 spiro atoms. The highest BCUT2D eigenvalue weighted by atomic mass is 32.2. The van der Waals surface area contributed by atoms with Gasteiger partial charge in [-0.2, -0.15) is 11.8 Å². The summed E-state index contributed by atoms with van der Waals surface area (Å²) in [7, 11) is 0. The van der Waals surface area contributed by atoms with Crippen molar-refractivity contribution >= 4 is 40.5 Å². The van der Waals surface area contributed by atoms with Crippen LogP contribution in [0.5, 0.6) is 0 Å². The van der Waals surface area contributed by atoms with Crippen LogP contribution in [0.15, 0.2) is 61.1 Å². The van der Waals surface area contributed by atoms with Gasteiger partial charge in [-0.15, -0.1) is 0 Å². The molecule has 0 radical (unpaired) electrons. The van der Waals surface area contributed by atoms with Gasteiger partial charge in [0.05, 0.1) is 6.20 Å². The standard InChI is InChI=1S/C22H23N5OS/c1-16-13-19(5-6-20(16)27-9-11-29-12-10-27)26-22(28)17-3-2-4-18(14-17)25-21-15-23-7-8-24-21/h2-8,13-15H,9-12H2,1H3,(H,24,25)(H,26,28). The SMILES string of the molecule is Cc1cc(NC(=O)c2cccc(Nc3cnccn3)c2)ccc1N1CCSCC1. The molecule has 0 saturated carbocycles. The molecule has 7 heteroatoms. The maximum absolute atomic E-state index is 12.7. The predicted octanol–water partition coefficient (Wildman–Crippen LogP) is 4.33. The molecule has 0 aliphatic carbocycles. The minimum atomic E-state index is -0.144. The summed E-state index contributed by atoms with van der Waals surface area (Å²) in [4.78, 5) is 23.4. The van der Waals surface area contributed by atoms with E-state index in [-0.39, 0.29) is 5.91 Å². The van der Waals surface area contributed by atoms with Gasteiger partial charge >= 0.3 is 0 Å². The van der Waals surface area contributed by atoms with E-state index in [2.05, 4.69) is 38.5 Å². The van der Waals surface area contributed by atoms with E-state index in [1.165, 1.54) is 11.3 Å². The highest BCUT2D eigenvalue weighted by molar-refractivity contribution is 7.99. The quantitative estimate of drug-likeness (QED) is 0.658. The number of aryl methyl sites for hydroxylation is 1. The lowest BCUT2D eigenvalue weighted by molar-refractivity contribution is 0.102. The molecule has 3 aromatic rings. The Kier molecular flexibility index (Phi) is 5.95. The summed E-state index contributed by atoms with van der Waals surface area (Å²) in [6.45, 7) is 4.24. The third kappa shape index (κ3) is 4.86. The molecule has 2 heterocycles. The number of benzene rings is 2. The third-order valence-corrected chi connectivity index (χ3v) is 5.71. The molecule has 1 fully saturated rings. The van der Waals surface area contributed by atoms with E-state index in [0.29, 0.717) is 11.4 Å². The third-order valence-electron chi connectivity index (χ3n) is 4.77. The molecule has 0 bridgehead atoms. The molecule has 0 atom stereocenters. The van der Waals surface area contributed by atoms with Gasteiger partial charge in [-0.3, -0.25) is 9.78 Å². The highest BCUT2D eigenvalue weighted by Crippen LogP contribution is 2.26. The average Bonchev–Trinajstić information content (AvgIpc) is 2.75. The monoisotopic (exact) mass is 405 g/mol. The lowest BCUT2D eigenvalue weighted by Gasteiger charge is -2.30. The van der Waals surface area contributed by atoms with E-state index >= 15 is 0 Å². The van der Waals surface area contributed by atoms with Crippen LogP contribution in [0.1, 0.15) is 15.9 Å². The summed E-state index contributed by atoms with van der Waals surface area (Å²) in [5.74, 6) is 2.81. The summed E-state index contributed by atoms with van der Waals surface area (Å²) in [5, 5.41) is 6.16. The number of amides is 1. The summed E-state index contributed by atoms with van der Waals surface area (Å²) < 4.78 is 0. The van der Waals surface area contributed by atoms with Gasteiger partial charge in [0.15, 0.2) is 0 Å². The maximum atomic E-state index is 12.7. The lowest BCUT2D eigenvalue weighted by atomic mass is 10.1. The van der Waals surface area contributed by atoms with Crippen LogP contribution < -0.4 is 15.5 Å². The number of nitrogens with one attached hydrogen (secondary N) is 2. The van der Waals surface area contributed by atoms with E-state index in [1.807, 2.05) is 36.0 Å². The highest BCUT2D eigenvalue weighted by Gasteiger charge is 2.14. The smallest absolute Gasteiger partial charge is 0.255 e. The molecule has 1 aromatic heterocycles. The fourth-order valence-corrected chi connectivity index (χ4v) is 4.25. The Bertz CT molecular complexity index is 990. The molecular formula is C22H23N5OS. The van der Waals surface area contributed by atoms with Gasteiger partial charge in [-0.05, 0) is 48.9 Å². The van der Waals surface area contributed by atoms with Crippen LogP contribution in [0, 0.1) is 6.92 Å². The molecule has 148 valence electrons. The van der Waals surface area contributed by atoms with Crippen molar-refractivity contribution in [1.29, 1.82) is 0 Å². The Morgan fingerprint density at radius 3 is 2.69 bits per heavy atom. The zero-order chi connectivity index (χ0) is 20.1. The second-order valence-electron chi connectivity index (χ2n) is 6.85. The van der Waals surface area contributed by atoms with Crippen molar-refractivity contribution in [3.05, 3.63) is 72.2 Å². The Morgan fingerprint density at radius 1 is 1.07 bits per heavy atom. The molecule has 0 unspecified atom stereocenters. The van der Waals surface area contributed by atoms with E-state index < -0.39 is 0 Å². The van der Waals surface area contributed by atoms with Crippen molar-refractivity contribution in [3.63, 3.8) is 0 Å². The topological polar surface area (TPSA) is 70.1 Å². The van der Waals surface area contributed by atoms with E-state index in [9.17, 15) is 4.79 Å². The number of anilines is 4. The molecule has 29 heavy (non-hydrogen) atoms. The zero-order valence-corrected chi connectivity index (χ0v) is 17.1. The van der Waals surface area contributed by atoms with Crippen LogP contribution in [0.2, 0.25) is 0 Å². The predicted molar refractivity (Wildman–Crippen MR) is 120 cm³/mol. The largest absolute Gasteiger partial charge is 0.370 e. The number of hydrogen-bond donors (Lipinski definition) is 2. The molecular weight excluding hydrogens is 382 g/mol. The van der Waals surface area contributed by atoms with E-state index in [4.69, 9.17) is 0 Å². The van der Waals surface area contributed by atoms with E-state index in [1.54, 1.807) is 30.7 Å². The molecule has 1 saturated heterocycles. The van der Waals surface area contributed by atoms with Crippen molar-refractivity contribution in [3.8, 4) is 0 Å².